The maximum Gasteiger partial charge on any atom is 0.326 e. The van der Waals surface area contributed by atoms with Crippen molar-refractivity contribution in [2.24, 2.45) is 5.92 Å². The Kier molecular flexibility index (Phi) is 4.95. The number of rotatable bonds is 5. The first-order chi connectivity index (χ1) is 13.6. The van der Waals surface area contributed by atoms with E-state index in [-0.39, 0.29) is 24.5 Å². The molecule has 0 aromatic heterocycles. The largest absolute Gasteiger partial charge is 0.326 e. The number of imide groups is 1. The molecule has 0 radical (unpaired) electrons. The second-order valence-electron chi connectivity index (χ2n) is 8.55. The highest BCUT2D eigenvalue weighted by molar-refractivity contribution is 7.89. The van der Waals surface area contributed by atoms with Crippen LogP contribution in [0.25, 0.3) is 0 Å². The summed E-state index contributed by atoms with van der Waals surface area (Å²) >= 11 is 0. The van der Waals surface area contributed by atoms with E-state index in [4.69, 9.17) is 0 Å². The van der Waals surface area contributed by atoms with Crippen molar-refractivity contribution in [3.8, 4) is 0 Å². The Labute approximate surface area is 171 Å². The lowest BCUT2D eigenvalue weighted by atomic mass is 9.96. The van der Waals surface area contributed by atoms with E-state index < -0.39 is 15.6 Å². The van der Waals surface area contributed by atoms with Crippen LogP contribution < -0.4 is 5.32 Å². The first kappa shape index (κ1) is 20.3. The molecule has 2 heterocycles. The summed E-state index contributed by atoms with van der Waals surface area (Å²) in [4.78, 5) is 28.6. The summed E-state index contributed by atoms with van der Waals surface area (Å²) in [5.74, 6) is 0.0547. The van der Waals surface area contributed by atoms with Crippen molar-refractivity contribution >= 4 is 22.0 Å². The fourth-order valence-corrected chi connectivity index (χ4v) is 5.62. The van der Waals surface area contributed by atoms with E-state index in [1.807, 2.05) is 24.8 Å². The van der Waals surface area contributed by atoms with E-state index >= 15 is 0 Å². The SMILES string of the molecule is Cc1ccc(S(=O)(=O)N2CCN(CN3C(=O)N[C@](C)(C4CC4)C3=O)CC2)cc1C. The number of carbonyl (C=O) groups is 2. The van der Waals surface area contributed by atoms with Crippen LogP contribution in [0.15, 0.2) is 23.1 Å². The van der Waals surface area contributed by atoms with Gasteiger partial charge in [0.1, 0.15) is 5.54 Å². The number of urea groups is 1. The fourth-order valence-electron chi connectivity index (χ4n) is 4.12. The van der Waals surface area contributed by atoms with Crippen LogP contribution in [0.5, 0.6) is 0 Å². The molecule has 1 aliphatic carbocycles. The highest BCUT2D eigenvalue weighted by Crippen LogP contribution is 2.42. The van der Waals surface area contributed by atoms with Crippen molar-refractivity contribution in [1.29, 1.82) is 0 Å². The Morgan fingerprint density at radius 3 is 2.31 bits per heavy atom. The van der Waals surface area contributed by atoms with Crippen molar-refractivity contribution < 1.29 is 18.0 Å². The number of carbonyl (C=O) groups excluding carboxylic acids is 2. The fraction of sp³-hybridized carbons (Fsp3) is 0.600. The number of piperazine rings is 1. The number of hydrogen-bond acceptors (Lipinski definition) is 5. The second-order valence-corrected chi connectivity index (χ2v) is 10.5. The number of nitrogens with zero attached hydrogens (tertiary/aromatic N) is 3. The predicted octanol–water partition coefficient (Wildman–Crippen LogP) is 1.29. The van der Waals surface area contributed by atoms with E-state index in [0.29, 0.717) is 31.1 Å². The topological polar surface area (TPSA) is 90.0 Å². The van der Waals surface area contributed by atoms with Crippen LogP contribution >= 0.6 is 0 Å². The molecule has 2 saturated heterocycles. The van der Waals surface area contributed by atoms with Gasteiger partial charge in [0.15, 0.2) is 0 Å². The monoisotopic (exact) mass is 420 g/mol. The lowest BCUT2D eigenvalue weighted by molar-refractivity contribution is -0.133. The number of aryl methyl sites for hydroxylation is 2. The summed E-state index contributed by atoms with van der Waals surface area (Å²) < 4.78 is 27.4. The van der Waals surface area contributed by atoms with Gasteiger partial charge in [0.2, 0.25) is 10.0 Å². The van der Waals surface area contributed by atoms with Crippen LogP contribution in [0.4, 0.5) is 4.79 Å². The quantitative estimate of drug-likeness (QED) is 0.725. The van der Waals surface area contributed by atoms with Crippen molar-refractivity contribution in [3.63, 3.8) is 0 Å². The van der Waals surface area contributed by atoms with Gasteiger partial charge in [-0.3, -0.25) is 9.69 Å². The third-order valence-corrected chi connectivity index (χ3v) is 8.38. The molecule has 0 spiro atoms. The number of amides is 3. The molecule has 1 saturated carbocycles. The van der Waals surface area contributed by atoms with Gasteiger partial charge in [0, 0.05) is 26.2 Å². The average molecular weight is 421 g/mol. The third-order valence-electron chi connectivity index (χ3n) is 6.48. The Hall–Kier alpha value is -1.97. The molecule has 3 fully saturated rings. The molecule has 1 atom stereocenters. The summed E-state index contributed by atoms with van der Waals surface area (Å²) in [5, 5.41) is 2.85. The summed E-state index contributed by atoms with van der Waals surface area (Å²) in [6.45, 7) is 7.47. The molecule has 8 nitrogen and oxygen atoms in total. The third kappa shape index (κ3) is 3.55. The smallest absolute Gasteiger partial charge is 0.323 e. The molecule has 1 aromatic carbocycles. The minimum Gasteiger partial charge on any atom is -0.323 e. The molecule has 3 amide bonds. The van der Waals surface area contributed by atoms with E-state index in [2.05, 4.69) is 5.32 Å². The van der Waals surface area contributed by atoms with Gasteiger partial charge in [0.05, 0.1) is 11.6 Å². The van der Waals surface area contributed by atoms with Gasteiger partial charge >= 0.3 is 6.03 Å². The minimum atomic E-state index is -3.55. The summed E-state index contributed by atoms with van der Waals surface area (Å²) in [7, 11) is -3.55. The Morgan fingerprint density at radius 2 is 1.72 bits per heavy atom. The predicted molar refractivity (Wildman–Crippen MR) is 108 cm³/mol. The lowest BCUT2D eigenvalue weighted by Gasteiger charge is -2.35. The van der Waals surface area contributed by atoms with Gasteiger partial charge in [-0.25, -0.2) is 18.1 Å². The highest BCUT2D eigenvalue weighted by atomic mass is 32.2. The van der Waals surface area contributed by atoms with Crippen LogP contribution in [0.2, 0.25) is 0 Å². The van der Waals surface area contributed by atoms with Crippen LogP contribution in [0, 0.1) is 19.8 Å². The van der Waals surface area contributed by atoms with Crippen LogP contribution in [0.3, 0.4) is 0 Å². The molecule has 158 valence electrons. The summed E-state index contributed by atoms with van der Waals surface area (Å²) in [6.07, 6.45) is 1.93. The molecule has 4 rings (SSSR count). The summed E-state index contributed by atoms with van der Waals surface area (Å²) in [6, 6.07) is 4.83. The zero-order valence-electron chi connectivity index (χ0n) is 17.1. The number of hydrogen-bond donors (Lipinski definition) is 1. The normalized spacial score (nSPS) is 26.8. The number of nitrogens with one attached hydrogen (secondary N) is 1. The van der Waals surface area contributed by atoms with E-state index in [0.717, 1.165) is 24.0 Å². The zero-order chi connectivity index (χ0) is 21.0. The van der Waals surface area contributed by atoms with Crippen LogP contribution in [-0.2, 0) is 14.8 Å². The molecule has 0 unspecified atom stereocenters. The van der Waals surface area contributed by atoms with Gasteiger partial charge in [-0.1, -0.05) is 6.07 Å². The maximum atomic E-state index is 13.0. The second kappa shape index (κ2) is 7.07. The number of sulfonamides is 1. The molecule has 3 aliphatic rings. The van der Waals surface area contributed by atoms with Crippen molar-refractivity contribution in [3.05, 3.63) is 29.3 Å². The molecule has 0 bridgehead atoms. The molecule has 1 aromatic rings. The van der Waals surface area contributed by atoms with E-state index in [1.54, 1.807) is 19.1 Å². The molecule has 9 heteroatoms. The van der Waals surface area contributed by atoms with Gasteiger partial charge < -0.3 is 5.32 Å². The zero-order valence-corrected chi connectivity index (χ0v) is 18.0. The van der Waals surface area contributed by atoms with Crippen LogP contribution in [0.1, 0.15) is 30.9 Å². The summed E-state index contributed by atoms with van der Waals surface area (Å²) in [5.41, 5.74) is 1.22. The lowest BCUT2D eigenvalue weighted by Crippen LogP contribution is -2.53. The van der Waals surface area contributed by atoms with E-state index in [9.17, 15) is 18.0 Å². The van der Waals surface area contributed by atoms with E-state index in [1.165, 1.54) is 9.21 Å². The van der Waals surface area contributed by atoms with Crippen molar-refractivity contribution in [2.45, 2.75) is 44.0 Å². The molecular formula is C20H28N4O4S. The average Bonchev–Trinajstić information content (AvgIpc) is 3.50. The van der Waals surface area contributed by atoms with Crippen molar-refractivity contribution in [2.75, 3.05) is 32.8 Å². The van der Waals surface area contributed by atoms with Gasteiger partial charge in [-0.2, -0.15) is 4.31 Å². The standard InChI is InChI=1S/C20H28N4O4S/c1-14-4-7-17(12-15(14)2)29(27,28)23-10-8-22(9-11-23)13-24-18(25)20(3,16-5-6-16)21-19(24)26/h4,7,12,16H,5-6,8-11,13H2,1-3H3,(H,21,26)/t20-/m1/s1. The minimum absolute atomic E-state index is 0.171. The molecule has 1 N–H and O–H groups in total. The Morgan fingerprint density at radius 1 is 1.07 bits per heavy atom. The Bertz CT molecular complexity index is 951. The first-order valence-corrected chi connectivity index (χ1v) is 11.5. The van der Waals surface area contributed by atoms with Gasteiger partial charge in [-0.05, 0) is 62.8 Å². The first-order valence-electron chi connectivity index (χ1n) is 10.1. The molecule has 2 aliphatic heterocycles. The highest BCUT2D eigenvalue weighted by Gasteiger charge is 2.56. The Balaban J connectivity index is 1.39. The van der Waals surface area contributed by atoms with Gasteiger partial charge in [-0.15, -0.1) is 0 Å². The van der Waals surface area contributed by atoms with Crippen LogP contribution in [-0.4, -0.2) is 72.8 Å². The maximum absolute atomic E-state index is 13.0. The number of benzene rings is 1. The van der Waals surface area contributed by atoms with Crippen molar-refractivity contribution in [1.82, 2.24) is 19.4 Å². The molecule has 29 heavy (non-hydrogen) atoms. The molecular weight excluding hydrogens is 392 g/mol. The van der Waals surface area contributed by atoms with Gasteiger partial charge in [0.25, 0.3) is 5.91 Å².